The van der Waals surface area contributed by atoms with Crippen molar-refractivity contribution >= 4 is 17.8 Å². The Morgan fingerprint density at radius 3 is 2.24 bits per heavy atom. The van der Waals surface area contributed by atoms with E-state index in [4.69, 9.17) is 9.84 Å². The lowest BCUT2D eigenvalue weighted by atomic mass is 9.87. The summed E-state index contributed by atoms with van der Waals surface area (Å²) in [7, 11) is 1.46. The van der Waals surface area contributed by atoms with Crippen molar-refractivity contribution in [3.63, 3.8) is 0 Å². The fourth-order valence-corrected chi connectivity index (χ4v) is 2.15. The van der Waals surface area contributed by atoms with Gasteiger partial charge in [-0.3, -0.25) is 14.4 Å². The number of rotatable bonds is 8. The summed E-state index contributed by atoms with van der Waals surface area (Å²) in [6.45, 7) is 5.92. The number of nitrogens with zero attached hydrogens (tertiary/aromatic N) is 1. The van der Waals surface area contributed by atoms with E-state index in [2.05, 4.69) is 26.1 Å². The molecule has 0 unspecified atom stereocenters. The van der Waals surface area contributed by atoms with Crippen LogP contribution in [0.3, 0.4) is 0 Å². The molecule has 0 bridgehead atoms. The molecule has 1 aromatic carbocycles. The van der Waals surface area contributed by atoms with Crippen molar-refractivity contribution in [3.8, 4) is 0 Å². The maximum Gasteiger partial charge on any atom is 0.323 e. The standard InChI is InChI=1S/C18H26N2O5/c1-18(2,3)14-7-5-13(6-8-14)17(24)19-11-15(21)20(9-10-25-4)12-16(22)23/h5-8H,9-12H2,1-4H3,(H,19,24)(H,22,23). The third-order valence-corrected chi connectivity index (χ3v) is 3.66. The monoisotopic (exact) mass is 350 g/mol. The lowest BCUT2D eigenvalue weighted by molar-refractivity contribution is -0.144. The topological polar surface area (TPSA) is 95.9 Å². The van der Waals surface area contributed by atoms with Crippen molar-refractivity contribution in [2.75, 3.05) is 33.4 Å². The average Bonchev–Trinajstić information content (AvgIpc) is 2.55. The van der Waals surface area contributed by atoms with Gasteiger partial charge < -0.3 is 20.1 Å². The molecule has 138 valence electrons. The fraction of sp³-hybridized carbons (Fsp3) is 0.500. The van der Waals surface area contributed by atoms with Gasteiger partial charge in [0.15, 0.2) is 0 Å². The number of carbonyl (C=O) groups excluding carboxylic acids is 2. The maximum absolute atomic E-state index is 12.1. The van der Waals surface area contributed by atoms with E-state index in [1.165, 1.54) is 7.11 Å². The zero-order chi connectivity index (χ0) is 19.0. The molecule has 0 spiro atoms. The minimum absolute atomic E-state index is 0.0103. The van der Waals surface area contributed by atoms with Crippen molar-refractivity contribution < 1.29 is 24.2 Å². The molecule has 0 aliphatic heterocycles. The predicted octanol–water partition coefficient (Wildman–Crippen LogP) is 1.27. The van der Waals surface area contributed by atoms with Crippen LogP contribution in [-0.2, 0) is 19.7 Å². The molecule has 7 heteroatoms. The molecule has 0 aromatic heterocycles. The van der Waals surface area contributed by atoms with Crippen LogP contribution in [0.25, 0.3) is 0 Å². The van der Waals surface area contributed by atoms with E-state index in [0.29, 0.717) is 5.56 Å². The predicted molar refractivity (Wildman–Crippen MR) is 93.6 cm³/mol. The van der Waals surface area contributed by atoms with E-state index in [1.807, 2.05) is 12.1 Å². The highest BCUT2D eigenvalue weighted by Gasteiger charge is 2.18. The SMILES string of the molecule is COCCN(CC(=O)O)C(=O)CNC(=O)c1ccc(C(C)(C)C)cc1. The Morgan fingerprint density at radius 1 is 1.16 bits per heavy atom. The molecule has 0 saturated carbocycles. The van der Waals surface area contributed by atoms with E-state index in [1.54, 1.807) is 12.1 Å². The third kappa shape index (κ3) is 6.93. The minimum Gasteiger partial charge on any atom is -0.480 e. The summed E-state index contributed by atoms with van der Waals surface area (Å²) >= 11 is 0. The molecule has 25 heavy (non-hydrogen) atoms. The number of carboxylic acid groups (broad SMARTS) is 1. The van der Waals surface area contributed by atoms with Crippen LogP contribution in [-0.4, -0.2) is 61.1 Å². The number of aliphatic carboxylic acids is 1. The average molecular weight is 350 g/mol. The maximum atomic E-state index is 12.1. The Morgan fingerprint density at radius 2 is 1.76 bits per heavy atom. The van der Waals surface area contributed by atoms with E-state index >= 15 is 0 Å². The van der Waals surface area contributed by atoms with Gasteiger partial charge >= 0.3 is 5.97 Å². The van der Waals surface area contributed by atoms with E-state index < -0.39 is 18.4 Å². The smallest absolute Gasteiger partial charge is 0.323 e. The Kier molecular flexibility index (Phi) is 7.57. The number of benzene rings is 1. The Balaban J connectivity index is 2.64. The first-order valence-electron chi connectivity index (χ1n) is 8.02. The number of carboxylic acids is 1. The summed E-state index contributed by atoms with van der Waals surface area (Å²) in [5, 5.41) is 11.4. The third-order valence-electron chi connectivity index (χ3n) is 3.66. The van der Waals surface area contributed by atoms with Gasteiger partial charge in [0, 0.05) is 19.2 Å². The van der Waals surface area contributed by atoms with Crippen molar-refractivity contribution in [2.24, 2.45) is 0 Å². The van der Waals surface area contributed by atoms with Crippen molar-refractivity contribution in [1.29, 1.82) is 0 Å². The molecule has 0 saturated heterocycles. The molecular weight excluding hydrogens is 324 g/mol. The summed E-state index contributed by atoms with van der Waals surface area (Å²) in [4.78, 5) is 36.2. The quantitative estimate of drug-likeness (QED) is 0.736. The van der Waals surface area contributed by atoms with Gasteiger partial charge in [-0.25, -0.2) is 0 Å². The number of amides is 2. The van der Waals surface area contributed by atoms with E-state index in [0.717, 1.165) is 10.5 Å². The summed E-state index contributed by atoms with van der Waals surface area (Å²) in [6.07, 6.45) is 0. The van der Waals surface area contributed by atoms with Gasteiger partial charge in [-0.1, -0.05) is 32.9 Å². The number of carbonyl (C=O) groups is 3. The van der Waals surface area contributed by atoms with Crippen LogP contribution < -0.4 is 5.32 Å². The first kappa shape index (κ1) is 20.6. The second-order valence-electron chi connectivity index (χ2n) is 6.71. The Hall–Kier alpha value is -2.41. The number of nitrogens with one attached hydrogen (secondary N) is 1. The molecule has 1 rings (SSSR count). The van der Waals surface area contributed by atoms with Crippen LogP contribution >= 0.6 is 0 Å². The first-order chi connectivity index (χ1) is 11.6. The van der Waals surface area contributed by atoms with E-state index in [-0.39, 0.29) is 31.0 Å². The molecule has 2 amide bonds. The summed E-state index contributed by atoms with van der Waals surface area (Å²) in [5.41, 5.74) is 1.54. The number of hydrogen-bond acceptors (Lipinski definition) is 4. The first-order valence-corrected chi connectivity index (χ1v) is 8.02. The molecule has 0 heterocycles. The molecule has 1 aromatic rings. The second-order valence-corrected chi connectivity index (χ2v) is 6.71. The van der Waals surface area contributed by atoms with Gasteiger partial charge in [-0.2, -0.15) is 0 Å². The van der Waals surface area contributed by atoms with Crippen LogP contribution in [0.15, 0.2) is 24.3 Å². The van der Waals surface area contributed by atoms with Crippen LogP contribution in [0.4, 0.5) is 0 Å². The largest absolute Gasteiger partial charge is 0.480 e. The normalized spacial score (nSPS) is 11.0. The highest BCUT2D eigenvalue weighted by atomic mass is 16.5. The van der Waals surface area contributed by atoms with Gasteiger partial charge in [0.25, 0.3) is 5.91 Å². The van der Waals surface area contributed by atoms with Crippen LogP contribution in [0.5, 0.6) is 0 Å². The molecule has 0 aliphatic rings. The number of hydrogen-bond donors (Lipinski definition) is 2. The van der Waals surface area contributed by atoms with Crippen molar-refractivity contribution in [3.05, 3.63) is 35.4 Å². The highest BCUT2D eigenvalue weighted by Crippen LogP contribution is 2.22. The van der Waals surface area contributed by atoms with E-state index in [9.17, 15) is 14.4 Å². The Labute approximate surface area is 148 Å². The molecule has 2 N–H and O–H groups in total. The minimum atomic E-state index is -1.12. The molecule has 0 fully saturated rings. The zero-order valence-electron chi connectivity index (χ0n) is 15.2. The van der Waals surface area contributed by atoms with Crippen LogP contribution in [0, 0.1) is 0 Å². The van der Waals surface area contributed by atoms with Gasteiger partial charge in [0.2, 0.25) is 5.91 Å². The van der Waals surface area contributed by atoms with Gasteiger partial charge in [-0.05, 0) is 23.1 Å². The highest BCUT2D eigenvalue weighted by molar-refractivity contribution is 5.96. The number of ether oxygens (including phenoxy) is 1. The summed E-state index contributed by atoms with van der Waals surface area (Å²) < 4.78 is 4.86. The molecule has 0 aliphatic carbocycles. The molecule has 0 atom stereocenters. The second kappa shape index (κ2) is 9.17. The molecule has 0 radical (unpaired) electrons. The summed E-state index contributed by atoms with van der Waals surface area (Å²) in [5.74, 6) is -1.97. The van der Waals surface area contributed by atoms with Crippen molar-refractivity contribution in [1.82, 2.24) is 10.2 Å². The zero-order valence-corrected chi connectivity index (χ0v) is 15.2. The van der Waals surface area contributed by atoms with Crippen LogP contribution in [0.2, 0.25) is 0 Å². The fourth-order valence-electron chi connectivity index (χ4n) is 2.15. The molecule has 7 nitrogen and oxygen atoms in total. The summed E-state index contributed by atoms with van der Waals surface area (Å²) in [6, 6.07) is 7.18. The van der Waals surface area contributed by atoms with Gasteiger partial charge in [0.1, 0.15) is 6.54 Å². The molecular formula is C18H26N2O5. The van der Waals surface area contributed by atoms with Gasteiger partial charge in [0.05, 0.1) is 13.2 Å². The van der Waals surface area contributed by atoms with Crippen molar-refractivity contribution in [2.45, 2.75) is 26.2 Å². The van der Waals surface area contributed by atoms with Gasteiger partial charge in [-0.15, -0.1) is 0 Å². The lowest BCUT2D eigenvalue weighted by Gasteiger charge is -2.21. The number of methoxy groups -OCH3 is 1. The Bertz CT molecular complexity index is 605. The lowest BCUT2D eigenvalue weighted by Crippen LogP contribution is -2.44. The van der Waals surface area contributed by atoms with Crippen LogP contribution in [0.1, 0.15) is 36.7 Å².